The lowest BCUT2D eigenvalue weighted by atomic mass is 9.87. The van der Waals surface area contributed by atoms with E-state index in [4.69, 9.17) is 5.73 Å². The van der Waals surface area contributed by atoms with Crippen LogP contribution in [0, 0.1) is 0 Å². The number of carbonyl (C=O) groups is 1. The molecular weight excluding hydrogens is 212 g/mol. The largest absolute Gasteiger partial charge is 0.366 e. The Kier molecular flexibility index (Phi) is 3.79. The lowest BCUT2D eigenvalue weighted by molar-refractivity contribution is 0.1000. The number of hydrogen-bond acceptors (Lipinski definition) is 2. The maximum atomic E-state index is 11.1. The van der Waals surface area contributed by atoms with E-state index in [0.29, 0.717) is 11.6 Å². The van der Waals surface area contributed by atoms with Crippen molar-refractivity contribution >= 4 is 5.91 Å². The molecule has 0 aromatic heterocycles. The third kappa shape index (κ3) is 2.86. The number of carbonyl (C=O) groups excluding carboxylic acids is 1. The van der Waals surface area contributed by atoms with Gasteiger partial charge in [0.15, 0.2) is 0 Å². The van der Waals surface area contributed by atoms with E-state index < -0.39 is 0 Å². The average Bonchev–Trinajstić information content (AvgIpc) is 2.35. The molecule has 0 heterocycles. The highest BCUT2D eigenvalue weighted by molar-refractivity contribution is 5.93. The summed E-state index contributed by atoms with van der Waals surface area (Å²) in [4.78, 5) is 11.1. The van der Waals surface area contributed by atoms with Crippen LogP contribution in [0.1, 0.15) is 41.3 Å². The van der Waals surface area contributed by atoms with Gasteiger partial charge in [-0.2, -0.15) is 0 Å². The maximum Gasteiger partial charge on any atom is 0.248 e. The highest BCUT2D eigenvalue weighted by atomic mass is 16.1. The Morgan fingerprint density at radius 3 is 3.00 bits per heavy atom. The lowest BCUT2D eigenvalue weighted by Crippen LogP contribution is -2.35. The van der Waals surface area contributed by atoms with E-state index in [1.54, 1.807) is 0 Å². The van der Waals surface area contributed by atoms with Gasteiger partial charge >= 0.3 is 0 Å². The molecule has 3 nitrogen and oxygen atoms in total. The first kappa shape index (κ1) is 12.1. The van der Waals surface area contributed by atoms with Crippen molar-refractivity contribution in [2.75, 3.05) is 6.54 Å². The predicted octanol–water partition coefficient (Wildman–Crippen LogP) is 1.64. The average molecular weight is 232 g/mol. The number of nitrogens with two attached hydrogens (primary N) is 1. The molecule has 0 bridgehead atoms. The third-order valence-electron chi connectivity index (χ3n) is 3.40. The molecule has 0 saturated carbocycles. The van der Waals surface area contributed by atoms with Crippen molar-refractivity contribution in [2.45, 2.75) is 38.6 Å². The Morgan fingerprint density at radius 2 is 2.29 bits per heavy atom. The minimum Gasteiger partial charge on any atom is -0.366 e. The molecule has 3 heteroatoms. The Balaban J connectivity index is 2.12. The Bertz CT molecular complexity index is 415. The van der Waals surface area contributed by atoms with Crippen LogP contribution in [0.2, 0.25) is 0 Å². The van der Waals surface area contributed by atoms with Gasteiger partial charge < -0.3 is 11.1 Å². The molecule has 1 aliphatic carbocycles. The molecule has 1 atom stereocenters. The van der Waals surface area contributed by atoms with Crippen molar-refractivity contribution in [3.63, 3.8) is 0 Å². The molecule has 0 saturated heterocycles. The number of benzene rings is 1. The molecule has 1 aromatic carbocycles. The van der Waals surface area contributed by atoms with E-state index in [1.165, 1.54) is 17.5 Å². The number of aryl methyl sites for hydroxylation is 1. The third-order valence-corrected chi connectivity index (χ3v) is 3.40. The fourth-order valence-corrected chi connectivity index (χ4v) is 2.43. The van der Waals surface area contributed by atoms with Crippen LogP contribution in [0.15, 0.2) is 18.2 Å². The number of nitrogens with one attached hydrogen (secondary N) is 1. The summed E-state index contributed by atoms with van der Waals surface area (Å²) >= 11 is 0. The summed E-state index contributed by atoms with van der Waals surface area (Å²) in [5.74, 6) is -0.337. The van der Waals surface area contributed by atoms with E-state index in [2.05, 4.69) is 12.2 Å². The van der Waals surface area contributed by atoms with Crippen LogP contribution in [-0.2, 0) is 12.8 Å². The number of rotatable bonds is 4. The highest BCUT2D eigenvalue weighted by Gasteiger charge is 2.18. The summed E-state index contributed by atoms with van der Waals surface area (Å²) < 4.78 is 0. The van der Waals surface area contributed by atoms with Gasteiger partial charge in [-0.1, -0.05) is 13.0 Å². The van der Waals surface area contributed by atoms with Gasteiger partial charge in [0.1, 0.15) is 0 Å². The molecule has 1 amide bonds. The normalized spacial score (nSPS) is 18.8. The van der Waals surface area contributed by atoms with Crippen LogP contribution in [-0.4, -0.2) is 18.5 Å². The van der Waals surface area contributed by atoms with Crippen molar-refractivity contribution in [1.82, 2.24) is 5.32 Å². The Morgan fingerprint density at radius 1 is 1.47 bits per heavy atom. The van der Waals surface area contributed by atoms with Crippen LogP contribution in [0.5, 0.6) is 0 Å². The van der Waals surface area contributed by atoms with Crippen molar-refractivity contribution in [3.8, 4) is 0 Å². The van der Waals surface area contributed by atoms with Gasteiger partial charge in [-0.05, 0) is 55.5 Å². The first-order valence-corrected chi connectivity index (χ1v) is 6.35. The molecule has 1 aliphatic rings. The molecule has 1 unspecified atom stereocenters. The fourth-order valence-electron chi connectivity index (χ4n) is 2.43. The second-order valence-corrected chi connectivity index (χ2v) is 4.74. The van der Waals surface area contributed by atoms with Crippen LogP contribution >= 0.6 is 0 Å². The Labute approximate surface area is 102 Å². The number of primary amides is 1. The SMILES string of the molecule is CCCNC1CCc2ccc(C(N)=O)cc2C1. The first-order valence-electron chi connectivity index (χ1n) is 6.35. The van der Waals surface area contributed by atoms with E-state index in [0.717, 1.165) is 25.8 Å². The molecule has 92 valence electrons. The standard InChI is InChI=1S/C14H20N2O/c1-2-7-16-13-6-5-10-3-4-11(14(15)17)8-12(10)9-13/h3-4,8,13,16H,2,5-7,9H2,1H3,(H2,15,17). The van der Waals surface area contributed by atoms with Crippen molar-refractivity contribution in [1.29, 1.82) is 0 Å². The van der Waals surface area contributed by atoms with Gasteiger partial charge in [0.25, 0.3) is 0 Å². The van der Waals surface area contributed by atoms with Gasteiger partial charge in [-0.3, -0.25) is 4.79 Å². The Hall–Kier alpha value is -1.35. The number of fused-ring (bicyclic) bond motifs is 1. The van der Waals surface area contributed by atoms with E-state index in [9.17, 15) is 4.79 Å². The number of hydrogen-bond donors (Lipinski definition) is 2. The highest BCUT2D eigenvalue weighted by Crippen LogP contribution is 2.22. The molecule has 0 radical (unpaired) electrons. The van der Waals surface area contributed by atoms with Crippen LogP contribution in [0.3, 0.4) is 0 Å². The molecule has 17 heavy (non-hydrogen) atoms. The van der Waals surface area contributed by atoms with Gasteiger partial charge in [-0.25, -0.2) is 0 Å². The smallest absolute Gasteiger partial charge is 0.248 e. The molecule has 0 spiro atoms. The fraction of sp³-hybridized carbons (Fsp3) is 0.500. The molecular formula is C14H20N2O. The van der Waals surface area contributed by atoms with E-state index >= 15 is 0 Å². The van der Waals surface area contributed by atoms with Crippen molar-refractivity contribution < 1.29 is 4.79 Å². The summed E-state index contributed by atoms with van der Waals surface area (Å²) in [5, 5.41) is 3.54. The van der Waals surface area contributed by atoms with E-state index in [-0.39, 0.29) is 5.91 Å². The summed E-state index contributed by atoms with van der Waals surface area (Å²) in [6, 6.07) is 6.38. The topological polar surface area (TPSA) is 55.1 Å². The number of amides is 1. The molecule has 2 rings (SSSR count). The molecule has 3 N–H and O–H groups in total. The second kappa shape index (κ2) is 5.32. The van der Waals surface area contributed by atoms with Gasteiger partial charge in [-0.15, -0.1) is 0 Å². The van der Waals surface area contributed by atoms with E-state index in [1.807, 2.05) is 18.2 Å². The quantitative estimate of drug-likeness (QED) is 0.829. The van der Waals surface area contributed by atoms with Gasteiger partial charge in [0.2, 0.25) is 5.91 Å². The second-order valence-electron chi connectivity index (χ2n) is 4.74. The summed E-state index contributed by atoms with van der Waals surface area (Å²) in [6.45, 7) is 3.24. The lowest BCUT2D eigenvalue weighted by Gasteiger charge is -2.25. The zero-order valence-electron chi connectivity index (χ0n) is 10.3. The van der Waals surface area contributed by atoms with Crippen LogP contribution < -0.4 is 11.1 Å². The minimum atomic E-state index is -0.337. The maximum absolute atomic E-state index is 11.1. The van der Waals surface area contributed by atoms with Gasteiger partial charge in [0, 0.05) is 11.6 Å². The predicted molar refractivity (Wildman–Crippen MR) is 69.1 cm³/mol. The molecule has 0 fully saturated rings. The van der Waals surface area contributed by atoms with Crippen LogP contribution in [0.4, 0.5) is 0 Å². The minimum absolute atomic E-state index is 0.337. The first-order chi connectivity index (χ1) is 8.20. The monoisotopic (exact) mass is 232 g/mol. The van der Waals surface area contributed by atoms with Crippen molar-refractivity contribution in [2.24, 2.45) is 5.73 Å². The molecule has 1 aromatic rings. The molecule has 0 aliphatic heterocycles. The zero-order valence-corrected chi connectivity index (χ0v) is 10.3. The summed E-state index contributed by atoms with van der Waals surface area (Å²) in [6.07, 6.45) is 4.44. The van der Waals surface area contributed by atoms with Gasteiger partial charge in [0.05, 0.1) is 0 Å². The zero-order chi connectivity index (χ0) is 12.3. The van der Waals surface area contributed by atoms with Crippen molar-refractivity contribution in [3.05, 3.63) is 34.9 Å². The summed E-state index contributed by atoms with van der Waals surface area (Å²) in [7, 11) is 0. The summed E-state index contributed by atoms with van der Waals surface area (Å²) in [5.41, 5.74) is 8.58. The van der Waals surface area contributed by atoms with Crippen LogP contribution in [0.25, 0.3) is 0 Å².